The average molecular weight is 269 g/mol. The first kappa shape index (κ1) is 14.8. The Kier molecular flexibility index (Phi) is 5.64. The van der Waals surface area contributed by atoms with Crippen LogP contribution in [0, 0.1) is 5.92 Å². The molecule has 2 rings (SSSR count). The SMILES string of the molecule is CCOC(CCN1CCC[C@H]2CCCC[C@H]21)C(=O)O. The number of hydrogen-bond acceptors (Lipinski definition) is 3. The van der Waals surface area contributed by atoms with Gasteiger partial charge in [0, 0.05) is 19.2 Å². The third-order valence-corrected chi connectivity index (χ3v) is 4.68. The second kappa shape index (κ2) is 7.25. The van der Waals surface area contributed by atoms with Crippen LogP contribution in [0.2, 0.25) is 0 Å². The molecule has 0 bridgehead atoms. The molecule has 1 aliphatic heterocycles. The van der Waals surface area contributed by atoms with Gasteiger partial charge in [0.1, 0.15) is 0 Å². The van der Waals surface area contributed by atoms with Crippen molar-refractivity contribution >= 4 is 5.97 Å². The zero-order valence-corrected chi connectivity index (χ0v) is 12.0. The van der Waals surface area contributed by atoms with Crippen LogP contribution in [0.1, 0.15) is 51.9 Å². The third-order valence-electron chi connectivity index (χ3n) is 4.68. The Labute approximate surface area is 116 Å². The maximum Gasteiger partial charge on any atom is 0.332 e. The molecule has 2 fully saturated rings. The summed E-state index contributed by atoms with van der Waals surface area (Å²) in [5.74, 6) is 0.0388. The lowest BCUT2D eigenvalue weighted by Gasteiger charge is -2.44. The molecule has 2 aliphatic rings. The zero-order valence-electron chi connectivity index (χ0n) is 12.0. The molecule has 0 aromatic carbocycles. The molecule has 0 spiro atoms. The maximum atomic E-state index is 11.1. The van der Waals surface area contributed by atoms with Gasteiger partial charge in [0.05, 0.1) is 0 Å². The van der Waals surface area contributed by atoms with E-state index in [-0.39, 0.29) is 0 Å². The van der Waals surface area contributed by atoms with Crippen LogP contribution < -0.4 is 0 Å². The number of carboxylic acids is 1. The summed E-state index contributed by atoms with van der Waals surface area (Å²) >= 11 is 0. The molecule has 4 heteroatoms. The van der Waals surface area contributed by atoms with Crippen LogP contribution in [-0.2, 0) is 9.53 Å². The minimum atomic E-state index is -0.820. The first-order valence-corrected chi connectivity index (χ1v) is 7.80. The second-order valence-corrected chi connectivity index (χ2v) is 5.86. The van der Waals surface area contributed by atoms with E-state index in [1.54, 1.807) is 0 Å². The van der Waals surface area contributed by atoms with E-state index in [0.29, 0.717) is 19.1 Å². The molecule has 1 aliphatic carbocycles. The van der Waals surface area contributed by atoms with Crippen molar-refractivity contribution in [3.63, 3.8) is 0 Å². The number of carbonyl (C=O) groups is 1. The van der Waals surface area contributed by atoms with Gasteiger partial charge in [-0.1, -0.05) is 12.8 Å². The van der Waals surface area contributed by atoms with Crippen LogP contribution in [0.4, 0.5) is 0 Å². The standard InChI is InChI=1S/C15H27NO3/c1-2-19-14(15(17)18)9-11-16-10-5-7-12-6-3-4-8-13(12)16/h12-14H,2-11H2,1H3,(H,17,18)/t12-,13-,14?/m1/s1. The molecule has 1 saturated carbocycles. The van der Waals surface area contributed by atoms with Crippen molar-refractivity contribution < 1.29 is 14.6 Å². The molecular weight excluding hydrogens is 242 g/mol. The number of likely N-dealkylation sites (tertiary alicyclic amines) is 1. The van der Waals surface area contributed by atoms with Gasteiger partial charge in [-0.05, 0) is 51.5 Å². The van der Waals surface area contributed by atoms with Gasteiger partial charge in [0.15, 0.2) is 6.10 Å². The van der Waals surface area contributed by atoms with E-state index in [2.05, 4.69) is 4.90 Å². The smallest absolute Gasteiger partial charge is 0.332 e. The summed E-state index contributed by atoms with van der Waals surface area (Å²) in [6, 6.07) is 0.707. The number of nitrogens with zero attached hydrogens (tertiary/aromatic N) is 1. The molecule has 110 valence electrons. The fraction of sp³-hybridized carbons (Fsp3) is 0.933. The van der Waals surface area contributed by atoms with Gasteiger partial charge in [0.2, 0.25) is 0 Å². The number of piperidine rings is 1. The summed E-state index contributed by atoms with van der Waals surface area (Å²) in [5, 5.41) is 9.12. The van der Waals surface area contributed by atoms with Gasteiger partial charge in [-0.25, -0.2) is 4.79 Å². The van der Waals surface area contributed by atoms with Gasteiger partial charge < -0.3 is 9.84 Å². The highest BCUT2D eigenvalue weighted by atomic mass is 16.5. The molecule has 1 unspecified atom stereocenters. The lowest BCUT2D eigenvalue weighted by molar-refractivity contribution is -0.151. The van der Waals surface area contributed by atoms with Crippen molar-refractivity contribution in [1.29, 1.82) is 0 Å². The summed E-state index contributed by atoms with van der Waals surface area (Å²) in [4.78, 5) is 13.6. The predicted octanol–water partition coefficient (Wildman–Crippen LogP) is 2.52. The third kappa shape index (κ3) is 3.93. The summed E-state index contributed by atoms with van der Waals surface area (Å²) in [6.07, 6.45) is 8.02. The molecule has 0 aromatic rings. The highest BCUT2D eigenvalue weighted by molar-refractivity contribution is 5.72. The van der Waals surface area contributed by atoms with Crippen molar-refractivity contribution in [2.75, 3.05) is 19.7 Å². The van der Waals surface area contributed by atoms with Crippen molar-refractivity contribution in [3.8, 4) is 0 Å². The average Bonchev–Trinajstić information content (AvgIpc) is 2.43. The Balaban J connectivity index is 1.84. The Hall–Kier alpha value is -0.610. The minimum Gasteiger partial charge on any atom is -0.479 e. The monoisotopic (exact) mass is 269 g/mol. The first-order valence-electron chi connectivity index (χ1n) is 7.80. The molecule has 0 aromatic heterocycles. The van der Waals surface area contributed by atoms with Crippen molar-refractivity contribution in [2.45, 2.75) is 64.0 Å². The maximum absolute atomic E-state index is 11.1. The van der Waals surface area contributed by atoms with Crippen LogP contribution in [-0.4, -0.2) is 47.8 Å². The van der Waals surface area contributed by atoms with Crippen LogP contribution >= 0.6 is 0 Å². The quantitative estimate of drug-likeness (QED) is 0.805. The highest BCUT2D eigenvalue weighted by Crippen LogP contribution is 2.35. The largest absolute Gasteiger partial charge is 0.479 e. The van der Waals surface area contributed by atoms with E-state index < -0.39 is 12.1 Å². The van der Waals surface area contributed by atoms with Crippen LogP contribution in [0.25, 0.3) is 0 Å². The molecule has 0 radical (unpaired) electrons. The fourth-order valence-electron chi connectivity index (χ4n) is 3.77. The predicted molar refractivity (Wildman–Crippen MR) is 74.2 cm³/mol. The topological polar surface area (TPSA) is 49.8 Å². The van der Waals surface area contributed by atoms with Crippen LogP contribution in [0.15, 0.2) is 0 Å². The fourth-order valence-corrected chi connectivity index (χ4v) is 3.77. The van der Waals surface area contributed by atoms with Gasteiger partial charge in [-0.15, -0.1) is 0 Å². The molecule has 4 nitrogen and oxygen atoms in total. The van der Waals surface area contributed by atoms with Gasteiger partial charge in [-0.2, -0.15) is 0 Å². The number of hydrogen-bond donors (Lipinski definition) is 1. The van der Waals surface area contributed by atoms with E-state index >= 15 is 0 Å². The Morgan fingerprint density at radius 1 is 1.32 bits per heavy atom. The highest BCUT2D eigenvalue weighted by Gasteiger charge is 2.33. The van der Waals surface area contributed by atoms with Gasteiger partial charge >= 0.3 is 5.97 Å². The number of carboxylic acid groups (broad SMARTS) is 1. The summed E-state index contributed by atoms with van der Waals surface area (Å²) in [6.45, 7) is 4.34. The molecule has 1 saturated heterocycles. The first-order chi connectivity index (χ1) is 9.22. The van der Waals surface area contributed by atoms with E-state index in [4.69, 9.17) is 9.84 Å². The van der Waals surface area contributed by atoms with Gasteiger partial charge in [0.25, 0.3) is 0 Å². The summed E-state index contributed by atoms with van der Waals surface area (Å²) in [5.41, 5.74) is 0. The number of rotatable bonds is 6. The number of ether oxygens (including phenoxy) is 1. The summed E-state index contributed by atoms with van der Waals surface area (Å²) in [7, 11) is 0. The molecular formula is C15H27NO3. The molecule has 0 amide bonds. The molecule has 1 N–H and O–H groups in total. The normalized spacial score (nSPS) is 29.7. The molecule has 3 atom stereocenters. The Bertz CT molecular complexity index is 293. The Morgan fingerprint density at radius 3 is 2.79 bits per heavy atom. The van der Waals surface area contributed by atoms with Crippen molar-refractivity contribution in [3.05, 3.63) is 0 Å². The number of fused-ring (bicyclic) bond motifs is 1. The van der Waals surface area contributed by atoms with Crippen molar-refractivity contribution in [1.82, 2.24) is 4.90 Å². The van der Waals surface area contributed by atoms with Gasteiger partial charge in [-0.3, -0.25) is 4.90 Å². The lowest BCUT2D eigenvalue weighted by Crippen LogP contribution is -2.48. The van der Waals surface area contributed by atoms with Crippen molar-refractivity contribution in [2.24, 2.45) is 5.92 Å². The van der Waals surface area contributed by atoms with E-state index in [0.717, 1.165) is 19.0 Å². The number of aliphatic carboxylic acids is 1. The zero-order chi connectivity index (χ0) is 13.7. The lowest BCUT2D eigenvalue weighted by atomic mass is 9.78. The minimum absolute atomic E-state index is 0.475. The van der Waals surface area contributed by atoms with E-state index in [1.165, 1.54) is 38.5 Å². The van der Waals surface area contributed by atoms with Crippen LogP contribution in [0.5, 0.6) is 0 Å². The Morgan fingerprint density at radius 2 is 2.05 bits per heavy atom. The van der Waals surface area contributed by atoms with Crippen LogP contribution in [0.3, 0.4) is 0 Å². The summed E-state index contributed by atoms with van der Waals surface area (Å²) < 4.78 is 5.30. The second-order valence-electron chi connectivity index (χ2n) is 5.86. The molecule has 19 heavy (non-hydrogen) atoms. The van der Waals surface area contributed by atoms with E-state index in [9.17, 15) is 4.79 Å². The molecule has 1 heterocycles. The van der Waals surface area contributed by atoms with E-state index in [1.807, 2.05) is 6.92 Å².